The van der Waals surface area contributed by atoms with Gasteiger partial charge in [-0.25, -0.2) is 9.18 Å². The zero-order valence-corrected chi connectivity index (χ0v) is 16.9. The summed E-state index contributed by atoms with van der Waals surface area (Å²) in [7, 11) is 0. The van der Waals surface area contributed by atoms with Crippen LogP contribution in [0, 0.1) is 11.7 Å². The number of piperazine rings is 1. The molecule has 2 heterocycles. The van der Waals surface area contributed by atoms with Gasteiger partial charge in [-0.2, -0.15) is 0 Å². The van der Waals surface area contributed by atoms with Crippen LogP contribution in [0.1, 0.15) is 32.3 Å². The van der Waals surface area contributed by atoms with Crippen LogP contribution in [0.3, 0.4) is 0 Å². The second kappa shape index (κ2) is 9.37. The quantitative estimate of drug-likeness (QED) is 0.839. The third-order valence-corrected chi connectivity index (χ3v) is 5.60. The largest absolute Gasteiger partial charge is 0.338 e. The Morgan fingerprint density at radius 3 is 2.57 bits per heavy atom. The standard InChI is InChI=1S/C21H31FN4O2/c1-16(2)7-9-23-21(28)25-10-8-19-20(27)26(14-12-24(19)11-13-25)15-17-3-5-18(22)6-4-17/h3-6,16,19H,7-15H2,1-2H3,(H,23,28). The molecule has 154 valence electrons. The third kappa shape index (κ3) is 5.22. The molecular formula is C21H31FN4O2. The number of rotatable bonds is 5. The monoisotopic (exact) mass is 390 g/mol. The number of hydrogen-bond donors (Lipinski definition) is 1. The van der Waals surface area contributed by atoms with Gasteiger partial charge in [-0.1, -0.05) is 26.0 Å². The fourth-order valence-corrected chi connectivity index (χ4v) is 3.84. The number of nitrogens with zero attached hydrogens (tertiary/aromatic N) is 3. The van der Waals surface area contributed by atoms with Crippen LogP contribution in [-0.2, 0) is 11.3 Å². The van der Waals surface area contributed by atoms with Crippen LogP contribution in [-0.4, -0.2) is 71.9 Å². The molecule has 0 bridgehead atoms. The summed E-state index contributed by atoms with van der Waals surface area (Å²) in [5, 5.41) is 2.99. The van der Waals surface area contributed by atoms with Gasteiger partial charge in [0.05, 0.1) is 6.04 Å². The molecule has 0 radical (unpaired) electrons. The first-order valence-electron chi connectivity index (χ1n) is 10.2. The number of halogens is 1. The maximum Gasteiger partial charge on any atom is 0.317 e. The molecule has 6 nitrogen and oxygen atoms in total. The Morgan fingerprint density at radius 1 is 1.14 bits per heavy atom. The van der Waals surface area contributed by atoms with Gasteiger partial charge in [0.1, 0.15) is 5.82 Å². The number of hydrogen-bond acceptors (Lipinski definition) is 3. The van der Waals surface area contributed by atoms with Crippen molar-refractivity contribution in [3.63, 3.8) is 0 Å². The molecule has 0 spiro atoms. The Labute approximate surface area is 166 Å². The van der Waals surface area contributed by atoms with Gasteiger partial charge in [0, 0.05) is 45.8 Å². The molecule has 7 heteroatoms. The molecule has 1 atom stereocenters. The summed E-state index contributed by atoms with van der Waals surface area (Å²) in [6.07, 6.45) is 1.61. The second-order valence-corrected chi connectivity index (χ2v) is 8.13. The number of urea groups is 1. The van der Waals surface area contributed by atoms with Crippen LogP contribution < -0.4 is 5.32 Å². The molecule has 2 fully saturated rings. The topological polar surface area (TPSA) is 55.9 Å². The van der Waals surface area contributed by atoms with Crippen molar-refractivity contribution in [2.75, 3.05) is 39.3 Å². The summed E-state index contributed by atoms with van der Waals surface area (Å²) in [5.74, 6) is 0.399. The number of fused-ring (bicyclic) bond motifs is 1. The summed E-state index contributed by atoms with van der Waals surface area (Å²) in [6.45, 7) is 8.89. The molecule has 3 amide bonds. The minimum absolute atomic E-state index is 0.0314. The molecule has 28 heavy (non-hydrogen) atoms. The fourth-order valence-electron chi connectivity index (χ4n) is 3.84. The van der Waals surface area contributed by atoms with Gasteiger partial charge in [0.25, 0.3) is 0 Å². The SMILES string of the molecule is CC(C)CCNC(=O)N1CCC2C(=O)N(Cc3ccc(F)cc3)CCN2CC1. The highest BCUT2D eigenvalue weighted by molar-refractivity contribution is 5.83. The smallest absolute Gasteiger partial charge is 0.317 e. The van der Waals surface area contributed by atoms with Crippen LogP contribution in [0.2, 0.25) is 0 Å². The predicted octanol–water partition coefficient (Wildman–Crippen LogP) is 2.30. The van der Waals surface area contributed by atoms with Gasteiger partial charge in [0.15, 0.2) is 0 Å². The van der Waals surface area contributed by atoms with E-state index in [2.05, 4.69) is 24.1 Å². The van der Waals surface area contributed by atoms with Crippen molar-refractivity contribution in [3.8, 4) is 0 Å². The zero-order chi connectivity index (χ0) is 20.1. The van der Waals surface area contributed by atoms with Gasteiger partial charge in [-0.3, -0.25) is 9.69 Å². The van der Waals surface area contributed by atoms with E-state index < -0.39 is 0 Å². The average molecular weight is 391 g/mol. The van der Waals surface area contributed by atoms with E-state index in [1.54, 1.807) is 12.1 Å². The van der Waals surface area contributed by atoms with E-state index in [1.807, 2.05) is 9.80 Å². The van der Waals surface area contributed by atoms with Gasteiger partial charge in [-0.05, 0) is 36.5 Å². The molecular weight excluding hydrogens is 359 g/mol. The van der Waals surface area contributed by atoms with E-state index in [0.717, 1.165) is 25.1 Å². The van der Waals surface area contributed by atoms with Gasteiger partial charge >= 0.3 is 6.03 Å². The molecule has 1 aromatic rings. The van der Waals surface area contributed by atoms with Crippen molar-refractivity contribution in [1.82, 2.24) is 20.0 Å². The van der Waals surface area contributed by atoms with Crippen LogP contribution in [0.25, 0.3) is 0 Å². The van der Waals surface area contributed by atoms with Crippen LogP contribution in [0.15, 0.2) is 24.3 Å². The Hall–Kier alpha value is -2.15. The molecule has 2 aliphatic heterocycles. The first-order chi connectivity index (χ1) is 13.4. The Kier molecular flexibility index (Phi) is 6.88. The van der Waals surface area contributed by atoms with E-state index >= 15 is 0 Å². The molecule has 0 saturated carbocycles. The van der Waals surface area contributed by atoms with Crippen LogP contribution in [0.5, 0.6) is 0 Å². The van der Waals surface area contributed by atoms with Crippen molar-refractivity contribution < 1.29 is 14.0 Å². The van der Waals surface area contributed by atoms with Crippen molar-refractivity contribution >= 4 is 11.9 Å². The van der Waals surface area contributed by atoms with Crippen molar-refractivity contribution in [2.45, 2.75) is 39.3 Å². The first kappa shape index (κ1) is 20.6. The molecule has 2 aliphatic rings. The average Bonchev–Trinajstić information content (AvgIpc) is 2.88. The summed E-state index contributed by atoms with van der Waals surface area (Å²) < 4.78 is 13.1. The number of nitrogens with one attached hydrogen (secondary N) is 1. The van der Waals surface area contributed by atoms with E-state index in [1.165, 1.54) is 12.1 Å². The number of benzene rings is 1. The fraction of sp³-hybridized carbons (Fsp3) is 0.619. The lowest BCUT2D eigenvalue weighted by molar-refractivity contribution is -0.142. The lowest BCUT2D eigenvalue weighted by Crippen LogP contribution is -2.56. The number of carbonyl (C=O) groups excluding carboxylic acids is 2. The summed E-state index contributed by atoms with van der Waals surface area (Å²) >= 11 is 0. The lowest BCUT2D eigenvalue weighted by Gasteiger charge is -2.39. The first-order valence-corrected chi connectivity index (χ1v) is 10.2. The minimum atomic E-state index is -0.268. The zero-order valence-electron chi connectivity index (χ0n) is 16.9. The Morgan fingerprint density at radius 2 is 1.86 bits per heavy atom. The lowest BCUT2D eigenvalue weighted by atomic mass is 10.1. The van der Waals surface area contributed by atoms with Crippen LogP contribution >= 0.6 is 0 Å². The minimum Gasteiger partial charge on any atom is -0.338 e. The molecule has 2 saturated heterocycles. The molecule has 0 aromatic heterocycles. The summed E-state index contributed by atoms with van der Waals surface area (Å²) in [5.41, 5.74) is 0.933. The van der Waals surface area contributed by atoms with Gasteiger partial charge in [-0.15, -0.1) is 0 Å². The second-order valence-electron chi connectivity index (χ2n) is 8.13. The maximum atomic E-state index is 13.1. The van der Waals surface area contributed by atoms with E-state index in [-0.39, 0.29) is 23.8 Å². The van der Waals surface area contributed by atoms with Crippen molar-refractivity contribution in [3.05, 3.63) is 35.6 Å². The number of amides is 3. The Balaban J connectivity index is 1.55. The van der Waals surface area contributed by atoms with E-state index in [0.29, 0.717) is 45.1 Å². The van der Waals surface area contributed by atoms with Gasteiger partial charge in [0.2, 0.25) is 5.91 Å². The van der Waals surface area contributed by atoms with E-state index in [4.69, 9.17) is 0 Å². The highest BCUT2D eigenvalue weighted by atomic mass is 19.1. The molecule has 1 unspecified atom stereocenters. The maximum absolute atomic E-state index is 13.1. The molecule has 3 rings (SSSR count). The Bertz CT molecular complexity index is 679. The number of carbonyl (C=O) groups is 2. The summed E-state index contributed by atoms with van der Waals surface area (Å²) in [6, 6.07) is 6.10. The normalized spacial score (nSPS) is 20.9. The molecule has 1 N–H and O–H groups in total. The van der Waals surface area contributed by atoms with Crippen molar-refractivity contribution in [1.29, 1.82) is 0 Å². The molecule has 1 aromatic carbocycles. The van der Waals surface area contributed by atoms with Crippen LogP contribution in [0.4, 0.5) is 9.18 Å². The van der Waals surface area contributed by atoms with Gasteiger partial charge < -0.3 is 15.1 Å². The highest BCUT2D eigenvalue weighted by Gasteiger charge is 2.37. The summed E-state index contributed by atoms with van der Waals surface area (Å²) in [4.78, 5) is 31.3. The molecule has 0 aliphatic carbocycles. The predicted molar refractivity (Wildman–Crippen MR) is 106 cm³/mol. The van der Waals surface area contributed by atoms with Crippen molar-refractivity contribution in [2.24, 2.45) is 5.92 Å². The van der Waals surface area contributed by atoms with E-state index in [9.17, 15) is 14.0 Å². The highest BCUT2D eigenvalue weighted by Crippen LogP contribution is 2.20. The third-order valence-electron chi connectivity index (χ3n) is 5.60.